The zero-order valence-corrected chi connectivity index (χ0v) is 23.1. The summed E-state index contributed by atoms with van der Waals surface area (Å²) in [5, 5.41) is 44.5. The van der Waals surface area contributed by atoms with Crippen LogP contribution in [0.1, 0.15) is 87.1 Å². The third-order valence-electron chi connectivity index (χ3n) is 9.07. The number of carbonyl (C=O) groups is 4. The summed E-state index contributed by atoms with van der Waals surface area (Å²) in [7, 11) is 0. The van der Waals surface area contributed by atoms with Crippen molar-refractivity contribution in [3.05, 3.63) is 35.4 Å². The lowest BCUT2D eigenvalue weighted by molar-refractivity contribution is -0.170. The standard InChI is InChI=1S/C23H34N2O2.C6H8O7/c1-2-23(18-9-6-8-17(14-18)21(24)26)19-15-25(16-20(19)23)13-7-12-22(27)10-4-3-5-11-22;7-3(8)1-6(13,5(11)12)2-4(9)10/h6,8-9,14,19-20,27H,2-5,7,10-13,15-16H2,1H3,(H2,24,26);13H,1-2H2,(H,7,8)(H,9,10)(H,11,12). The third-order valence-corrected chi connectivity index (χ3v) is 9.07. The zero-order valence-electron chi connectivity index (χ0n) is 23.1. The number of likely N-dealkylation sites (tertiary alicyclic amines) is 1. The average molecular weight is 563 g/mol. The van der Waals surface area contributed by atoms with Gasteiger partial charge in [0.25, 0.3) is 0 Å². The number of aliphatic hydroxyl groups is 2. The van der Waals surface area contributed by atoms with E-state index in [4.69, 9.17) is 26.2 Å². The summed E-state index contributed by atoms with van der Waals surface area (Å²) >= 11 is 0. The molecule has 1 heterocycles. The quantitative estimate of drug-likeness (QED) is 0.219. The molecule has 2 atom stereocenters. The molecule has 3 fully saturated rings. The summed E-state index contributed by atoms with van der Waals surface area (Å²) in [6.07, 6.45) is 6.54. The lowest BCUT2D eigenvalue weighted by Gasteiger charge is -2.33. The van der Waals surface area contributed by atoms with Gasteiger partial charge in [-0.25, -0.2) is 4.79 Å². The molecule has 1 amide bonds. The van der Waals surface area contributed by atoms with E-state index in [1.54, 1.807) is 0 Å². The molecule has 1 aliphatic heterocycles. The minimum absolute atomic E-state index is 0.240. The van der Waals surface area contributed by atoms with Crippen molar-refractivity contribution >= 4 is 23.8 Å². The average Bonchev–Trinajstić information content (AvgIpc) is 3.25. The van der Waals surface area contributed by atoms with Gasteiger partial charge in [-0.3, -0.25) is 14.4 Å². The summed E-state index contributed by atoms with van der Waals surface area (Å²) in [4.78, 5) is 44.6. The summed E-state index contributed by atoms with van der Waals surface area (Å²) in [5.41, 5.74) is 4.53. The van der Waals surface area contributed by atoms with Crippen LogP contribution in [-0.2, 0) is 19.8 Å². The topological polar surface area (TPSA) is 199 Å². The molecule has 2 saturated carbocycles. The maximum absolute atomic E-state index is 11.6. The number of benzene rings is 1. The molecule has 4 rings (SSSR count). The lowest BCUT2D eigenvalue weighted by atomic mass is 9.81. The van der Waals surface area contributed by atoms with E-state index in [2.05, 4.69) is 17.9 Å². The van der Waals surface area contributed by atoms with E-state index in [1.165, 1.54) is 24.8 Å². The Labute approximate surface area is 234 Å². The number of fused-ring (bicyclic) bond motifs is 1. The molecule has 222 valence electrons. The van der Waals surface area contributed by atoms with E-state index >= 15 is 0 Å². The highest BCUT2D eigenvalue weighted by molar-refractivity contribution is 5.93. The van der Waals surface area contributed by atoms with Crippen LogP contribution < -0.4 is 5.73 Å². The molecule has 0 radical (unpaired) electrons. The van der Waals surface area contributed by atoms with Crippen LogP contribution in [-0.4, -0.2) is 85.1 Å². The fraction of sp³-hybridized carbons (Fsp3) is 0.655. The Morgan fingerprint density at radius 1 is 1.00 bits per heavy atom. The van der Waals surface area contributed by atoms with E-state index in [9.17, 15) is 24.3 Å². The predicted octanol–water partition coefficient (Wildman–Crippen LogP) is 2.22. The largest absolute Gasteiger partial charge is 0.481 e. The van der Waals surface area contributed by atoms with Crippen LogP contribution in [0.2, 0.25) is 0 Å². The fourth-order valence-corrected chi connectivity index (χ4v) is 6.92. The smallest absolute Gasteiger partial charge is 0.336 e. The maximum atomic E-state index is 11.6. The summed E-state index contributed by atoms with van der Waals surface area (Å²) in [6.45, 7) is 5.68. The Kier molecular flexibility index (Phi) is 9.97. The molecule has 0 aromatic heterocycles. The van der Waals surface area contributed by atoms with Gasteiger partial charge in [0.05, 0.1) is 18.4 Å². The molecule has 1 aromatic carbocycles. The number of aliphatic carboxylic acids is 3. The first-order valence-corrected chi connectivity index (χ1v) is 14.0. The SMILES string of the molecule is CCC1(c2cccc(C(N)=O)c2)C2CN(CCCC3(O)CCCCC3)CC21.O=C(O)CC(O)(CC(=O)O)C(=O)O. The molecule has 7 N–H and O–H groups in total. The molecule has 0 spiro atoms. The molecule has 1 saturated heterocycles. The van der Waals surface area contributed by atoms with Crippen molar-refractivity contribution in [1.29, 1.82) is 0 Å². The number of amides is 1. The molecule has 3 aliphatic rings. The van der Waals surface area contributed by atoms with Gasteiger partial charge in [-0.1, -0.05) is 38.3 Å². The van der Waals surface area contributed by atoms with Crippen LogP contribution in [0.15, 0.2) is 24.3 Å². The lowest BCUT2D eigenvalue weighted by Crippen LogP contribution is -2.42. The number of carboxylic acid groups (broad SMARTS) is 3. The van der Waals surface area contributed by atoms with Gasteiger partial charge in [0.1, 0.15) is 0 Å². The normalized spacial score (nSPS) is 25.3. The number of nitrogens with two attached hydrogens (primary N) is 1. The number of hydrogen-bond acceptors (Lipinski definition) is 7. The van der Waals surface area contributed by atoms with Crippen molar-refractivity contribution in [3.8, 4) is 0 Å². The molecule has 11 nitrogen and oxygen atoms in total. The van der Waals surface area contributed by atoms with Crippen molar-refractivity contribution in [3.63, 3.8) is 0 Å². The monoisotopic (exact) mass is 562 g/mol. The summed E-state index contributed by atoms with van der Waals surface area (Å²) in [5.74, 6) is -3.96. The first-order chi connectivity index (χ1) is 18.8. The zero-order chi connectivity index (χ0) is 29.7. The number of carbonyl (C=O) groups excluding carboxylic acids is 1. The van der Waals surface area contributed by atoms with Crippen molar-refractivity contribution in [2.24, 2.45) is 17.6 Å². The highest BCUT2D eigenvalue weighted by Crippen LogP contribution is 2.65. The van der Waals surface area contributed by atoms with Crippen LogP contribution >= 0.6 is 0 Å². The Hall–Kier alpha value is -3.02. The molecular formula is C29H42N2O9. The molecule has 40 heavy (non-hydrogen) atoms. The fourth-order valence-electron chi connectivity index (χ4n) is 6.92. The van der Waals surface area contributed by atoms with Crippen molar-refractivity contribution in [2.45, 2.75) is 87.7 Å². The maximum Gasteiger partial charge on any atom is 0.336 e. The molecule has 2 aliphatic carbocycles. The van der Waals surface area contributed by atoms with Gasteiger partial charge >= 0.3 is 17.9 Å². The molecule has 11 heteroatoms. The second kappa shape index (κ2) is 12.7. The van der Waals surface area contributed by atoms with Crippen LogP contribution in [0.25, 0.3) is 0 Å². The molecular weight excluding hydrogens is 520 g/mol. The van der Waals surface area contributed by atoms with Crippen LogP contribution in [0.4, 0.5) is 0 Å². The Morgan fingerprint density at radius 2 is 1.57 bits per heavy atom. The van der Waals surface area contributed by atoms with Gasteiger partial charge in [0.15, 0.2) is 5.60 Å². The van der Waals surface area contributed by atoms with Gasteiger partial charge < -0.3 is 36.2 Å². The highest BCUT2D eigenvalue weighted by atomic mass is 16.4. The van der Waals surface area contributed by atoms with Gasteiger partial charge in [-0.05, 0) is 68.2 Å². The van der Waals surface area contributed by atoms with Crippen LogP contribution in [0, 0.1) is 11.8 Å². The number of primary amides is 1. The second-order valence-corrected chi connectivity index (χ2v) is 11.7. The number of hydrogen-bond donors (Lipinski definition) is 6. The van der Waals surface area contributed by atoms with Crippen LogP contribution in [0.3, 0.4) is 0 Å². The van der Waals surface area contributed by atoms with Crippen molar-refractivity contribution < 1.29 is 44.7 Å². The van der Waals surface area contributed by atoms with Crippen molar-refractivity contribution in [2.75, 3.05) is 19.6 Å². The highest BCUT2D eigenvalue weighted by Gasteiger charge is 2.67. The third kappa shape index (κ3) is 7.18. The predicted molar refractivity (Wildman–Crippen MR) is 145 cm³/mol. The number of piperidine rings is 1. The molecule has 0 bridgehead atoms. The van der Waals surface area contributed by atoms with Gasteiger partial charge in [0, 0.05) is 24.1 Å². The number of rotatable bonds is 12. The van der Waals surface area contributed by atoms with Gasteiger partial charge in [0.2, 0.25) is 5.91 Å². The number of nitrogens with zero attached hydrogens (tertiary/aromatic N) is 1. The summed E-state index contributed by atoms with van der Waals surface area (Å²) in [6, 6.07) is 7.99. The van der Waals surface area contributed by atoms with E-state index in [1.807, 2.05) is 18.2 Å². The summed E-state index contributed by atoms with van der Waals surface area (Å²) < 4.78 is 0. The Morgan fingerprint density at radius 3 is 2.05 bits per heavy atom. The Balaban J connectivity index is 0.000000289. The molecule has 1 aromatic rings. The van der Waals surface area contributed by atoms with Crippen molar-refractivity contribution in [1.82, 2.24) is 4.90 Å². The van der Waals surface area contributed by atoms with E-state index in [-0.39, 0.29) is 16.9 Å². The van der Waals surface area contributed by atoms with Gasteiger partial charge in [-0.2, -0.15) is 0 Å². The second-order valence-electron chi connectivity index (χ2n) is 11.7. The minimum atomic E-state index is -2.74. The minimum Gasteiger partial charge on any atom is -0.481 e. The molecule has 2 unspecified atom stereocenters. The van der Waals surface area contributed by atoms with E-state index in [0.717, 1.165) is 51.7 Å². The number of carboxylic acids is 3. The Bertz CT molecular complexity index is 1070. The first-order valence-electron chi connectivity index (χ1n) is 14.0. The van der Waals surface area contributed by atoms with Gasteiger partial charge in [-0.15, -0.1) is 0 Å². The van der Waals surface area contributed by atoms with E-state index in [0.29, 0.717) is 17.4 Å². The van der Waals surface area contributed by atoms with E-state index < -0.39 is 36.4 Å². The van der Waals surface area contributed by atoms with Crippen LogP contribution in [0.5, 0.6) is 0 Å². The first kappa shape index (κ1) is 31.5.